The number of amides is 1. The molecule has 1 saturated heterocycles. The van der Waals surface area contributed by atoms with Crippen LogP contribution in [0.15, 0.2) is 4.99 Å². The van der Waals surface area contributed by atoms with E-state index < -0.39 is 0 Å². The molecule has 0 aliphatic carbocycles. The van der Waals surface area contributed by atoms with Crippen LogP contribution in [0.1, 0.15) is 27.7 Å². The highest BCUT2D eigenvalue weighted by Crippen LogP contribution is 2.19. The van der Waals surface area contributed by atoms with Crippen LogP contribution >= 0.6 is 35.7 Å². The molecule has 1 heterocycles. The Labute approximate surface area is 168 Å². The third-order valence-electron chi connectivity index (χ3n) is 3.93. The number of piperazine rings is 1. The van der Waals surface area contributed by atoms with Gasteiger partial charge in [-0.25, -0.2) is 0 Å². The van der Waals surface area contributed by atoms with Crippen LogP contribution in [-0.4, -0.2) is 85.0 Å². The van der Waals surface area contributed by atoms with Crippen LogP contribution in [0.25, 0.3) is 0 Å². The van der Waals surface area contributed by atoms with E-state index in [1.807, 2.05) is 32.7 Å². The number of nitrogens with one attached hydrogen (secondary N) is 2. The number of aliphatic imine (C=N–C) groups is 1. The van der Waals surface area contributed by atoms with E-state index in [0.717, 1.165) is 38.7 Å². The number of carbonyl (C=O) groups excluding carboxylic acids is 1. The van der Waals surface area contributed by atoms with Crippen LogP contribution in [0.2, 0.25) is 0 Å². The van der Waals surface area contributed by atoms with Crippen LogP contribution in [0.3, 0.4) is 0 Å². The van der Waals surface area contributed by atoms with Crippen molar-refractivity contribution in [1.29, 1.82) is 0 Å². The summed E-state index contributed by atoms with van der Waals surface area (Å²) in [4.78, 5) is 20.7. The summed E-state index contributed by atoms with van der Waals surface area (Å²) in [6.07, 6.45) is 2.13. The third-order valence-corrected chi connectivity index (χ3v) is 5.17. The highest BCUT2D eigenvalue weighted by Gasteiger charge is 2.23. The standard InChI is InChI=1S/C16H33N5OS.HI/c1-13(2)19-14(22)11-20-7-9-21(10-8-20)15(17-5)18-12-16(3,4)23-6;/h13H,7-12H2,1-6H3,(H,17,18)(H,19,22);1H. The normalized spacial score (nSPS) is 16.8. The first-order valence-corrected chi connectivity index (χ1v) is 9.52. The summed E-state index contributed by atoms with van der Waals surface area (Å²) in [5.41, 5.74) is 0. The largest absolute Gasteiger partial charge is 0.355 e. The van der Waals surface area contributed by atoms with Crippen LogP contribution in [0.5, 0.6) is 0 Å². The van der Waals surface area contributed by atoms with Gasteiger partial charge in [-0.15, -0.1) is 24.0 Å². The van der Waals surface area contributed by atoms with Gasteiger partial charge in [-0.2, -0.15) is 11.8 Å². The quantitative estimate of drug-likeness (QED) is 0.349. The molecule has 142 valence electrons. The van der Waals surface area contributed by atoms with Gasteiger partial charge in [0.1, 0.15) is 0 Å². The minimum absolute atomic E-state index is 0. The van der Waals surface area contributed by atoms with Crippen molar-refractivity contribution in [3.63, 3.8) is 0 Å². The van der Waals surface area contributed by atoms with Crippen molar-refractivity contribution in [2.45, 2.75) is 38.5 Å². The molecule has 0 bridgehead atoms. The summed E-state index contributed by atoms with van der Waals surface area (Å²) in [7, 11) is 1.83. The topological polar surface area (TPSA) is 60.0 Å². The Balaban J connectivity index is 0.00000529. The Morgan fingerprint density at radius 3 is 2.29 bits per heavy atom. The second-order valence-electron chi connectivity index (χ2n) is 6.85. The van der Waals surface area contributed by atoms with E-state index in [4.69, 9.17) is 0 Å². The Morgan fingerprint density at radius 2 is 1.83 bits per heavy atom. The summed E-state index contributed by atoms with van der Waals surface area (Å²) >= 11 is 1.85. The molecule has 0 saturated carbocycles. The Morgan fingerprint density at radius 1 is 1.25 bits per heavy atom. The van der Waals surface area contributed by atoms with Crippen LogP contribution in [0.4, 0.5) is 0 Å². The number of halogens is 1. The molecule has 2 N–H and O–H groups in total. The second-order valence-corrected chi connectivity index (χ2v) is 8.36. The van der Waals surface area contributed by atoms with E-state index in [1.165, 1.54) is 0 Å². The Bertz CT molecular complexity index is 409. The highest BCUT2D eigenvalue weighted by molar-refractivity contribution is 14.0. The zero-order valence-corrected chi connectivity index (χ0v) is 19.0. The maximum absolute atomic E-state index is 11.8. The average molecular weight is 471 g/mol. The van der Waals surface area contributed by atoms with Crippen molar-refractivity contribution in [3.05, 3.63) is 0 Å². The van der Waals surface area contributed by atoms with Crippen LogP contribution < -0.4 is 10.6 Å². The first-order chi connectivity index (χ1) is 10.8. The van der Waals surface area contributed by atoms with Crippen molar-refractivity contribution in [1.82, 2.24) is 20.4 Å². The van der Waals surface area contributed by atoms with E-state index >= 15 is 0 Å². The number of rotatable bonds is 6. The average Bonchev–Trinajstić information content (AvgIpc) is 2.48. The molecule has 0 aromatic rings. The predicted octanol–water partition coefficient (Wildman–Crippen LogP) is 1.46. The molecule has 0 aromatic carbocycles. The fraction of sp³-hybridized carbons (Fsp3) is 0.875. The molecule has 1 aliphatic rings. The minimum atomic E-state index is 0. The smallest absolute Gasteiger partial charge is 0.234 e. The molecule has 1 fully saturated rings. The summed E-state index contributed by atoms with van der Waals surface area (Å²) in [5, 5.41) is 6.42. The first kappa shape index (κ1) is 23.8. The summed E-state index contributed by atoms with van der Waals surface area (Å²) in [6.45, 7) is 13.4. The molecule has 1 amide bonds. The lowest BCUT2D eigenvalue weighted by molar-refractivity contribution is -0.123. The summed E-state index contributed by atoms with van der Waals surface area (Å²) < 4.78 is 0.187. The molecular weight excluding hydrogens is 437 g/mol. The predicted molar refractivity (Wildman–Crippen MR) is 116 cm³/mol. The van der Waals surface area contributed by atoms with Crippen LogP contribution in [-0.2, 0) is 4.79 Å². The molecule has 1 aliphatic heterocycles. The van der Waals surface area contributed by atoms with Crippen molar-refractivity contribution in [3.8, 4) is 0 Å². The van der Waals surface area contributed by atoms with Crippen LogP contribution in [0, 0.1) is 0 Å². The van der Waals surface area contributed by atoms with Crippen molar-refractivity contribution < 1.29 is 4.79 Å². The molecule has 8 heteroatoms. The van der Waals surface area contributed by atoms with Gasteiger partial charge in [-0.05, 0) is 34.0 Å². The molecule has 0 atom stereocenters. The molecule has 0 aromatic heterocycles. The molecule has 0 radical (unpaired) electrons. The fourth-order valence-electron chi connectivity index (χ4n) is 2.38. The van der Waals surface area contributed by atoms with E-state index in [2.05, 4.69) is 45.5 Å². The Hall–Kier alpha value is -0.220. The highest BCUT2D eigenvalue weighted by atomic mass is 127. The fourth-order valence-corrected chi connectivity index (χ4v) is 2.60. The lowest BCUT2D eigenvalue weighted by Crippen LogP contribution is -2.55. The van der Waals surface area contributed by atoms with E-state index in [-0.39, 0.29) is 40.7 Å². The number of hydrogen-bond acceptors (Lipinski definition) is 4. The molecule has 6 nitrogen and oxygen atoms in total. The lowest BCUT2D eigenvalue weighted by atomic mass is 10.2. The van der Waals surface area contributed by atoms with Gasteiger partial charge in [0.15, 0.2) is 5.96 Å². The molecule has 1 rings (SSSR count). The van der Waals surface area contributed by atoms with Gasteiger partial charge >= 0.3 is 0 Å². The van der Waals surface area contributed by atoms with Gasteiger partial charge in [-0.1, -0.05) is 0 Å². The number of nitrogens with zero attached hydrogens (tertiary/aromatic N) is 3. The number of guanidine groups is 1. The van der Waals surface area contributed by atoms with E-state index in [0.29, 0.717) is 6.54 Å². The summed E-state index contributed by atoms with van der Waals surface area (Å²) in [5.74, 6) is 1.07. The van der Waals surface area contributed by atoms with Gasteiger partial charge in [0.2, 0.25) is 5.91 Å². The molecule has 0 spiro atoms. The van der Waals surface area contributed by atoms with E-state index in [9.17, 15) is 4.79 Å². The third kappa shape index (κ3) is 8.75. The first-order valence-electron chi connectivity index (χ1n) is 8.30. The zero-order valence-electron chi connectivity index (χ0n) is 15.9. The maximum atomic E-state index is 11.8. The second kappa shape index (κ2) is 11.4. The van der Waals surface area contributed by atoms with Gasteiger partial charge in [0, 0.05) is 50.6 Å². The zero-order chi connectivity index (χ0) is 17.5. The Kier molecular flexibility index (Phi) is 11.3. The maximum Gasteiger partial charge on any atom is 0.234 e. The van der Waals surface area contributed by atoms with Gasteiger partial charge in [0.25, 0.3) is 0 Å². The minimum Gasteiger partial charge on any atom is -0.355 e. The van der Waals surface area contributed by atoms with Crippen molar-refractivity contribution in [2.75, 3.05) is 52.6 Å². The molecule has 0 unspecified atom stereocenters. The number of hydrogen-bond donors (Lipinski definition) is 2. The SMILES string of the molecule is CN=C(NCC(C)(C)SC)N1CCN(CC(=O)NC(C)C)CC1.I. The number of thioether (sulfide) groups is 1. The van der Waals surface area contributed by atoms with Gasteiger partial charge in [-0.3, -0.25) is 14.7 Å². The molecular formula is C16H34IN5OS. The summed E-state index contributed by atoms with van der Waals surface area (Å²) in [6, 6.07) is 0.201. The van der Waals surface area contributed by atoms with Gasteiger partial charge in [0.05, 0.1) is 6.54 Å². The van der Waals surface area contributed by atoms with Crippen molar-refractivity contribution >= 4 is 47.6 Å². The monoisotopic (exact) mass is 471 g/mol. The number of carbonyl (C=O) groups is 1. The van der Waals surface area contributed by atoms with Gasteiger partial charge < -0.3 is 15.5 Å². The van der Waals surface area contributed by atoms with Crippen molar-refractivity contribution in [2.24, 2.45) is 4.99 Å². The molecule has 24 heavy (non-hydrogen) atoms. The van der Waals surface area contributed by atoms with E-state index in [1.54, 1.807) is 0 Å². The lowest BCUT2D eigenvalue weighted by Gasteiger charge is -2.37.